The molecule has 0 fully saturated rings. The van der Waals surface area contributed by atoms with Crippen LogP contribution in [0.1, 0.15) is 10.5 Å². The topological polar surface area (TPSA) is 61.2 Å². The zero-order valence-corrected chi connectivity index (χ0v) is 13.1. The summed E-state index contributed by atoms with van der Waals surface area (Å²) in [7, 11) is -0.324. The highest BCUT2D eigenvalue weighted by Crippen LogP contribution is 2.24. The van der Waals surface area contributed by atoms with Gasteiger partial charge in [-0.1, -0.05) is 29.8 Å². The standard InChI is InChI=1S/C15H11ClN2O3S/c1-21-15(19)13-9-11-12(7-8-14(16)17-11)18(13)22(20)10-5-3-2-4-6-10/h2-9H,1H3. The number of benzene rings is 1. The number of esters is 1. The summed E-state index contributed by atoms with van der Waals surface area (Å²) in [6, 6.07) is 13.6. The average Bonchev–Trinajstić information content (AvgIpc) is 2.92. The Labute approximate surface area is 134 Å². The highest BCUT2D eigenvalue weighted by molar-refractivity contribution is 7.83. The van der Waals surface area contributed by atoms with E-state index in [1.165, 1.54) is 17.1 Å². The number of aromatic nitrogens is 2. The number of ether oxygens (including phenoxy) is 1. The number of carbonyl (C=O) groups excluding carboxylic acids is 1. The van der Waals surface area contributed by atoms with Gasteiger partial charge in [0.05, 0.1) is 23.0 Å². The minimum absolute atomic E-state index is 0.162. The normalized spacial score (nSPS) is 12.3. The maximum atomic E-state index is 12.9. The predicted octanol–water partition coefficient (Wildman–Crippen LogP) is 3.05. The van der Waals surface area contributed by atoms with E-state index in [1.54, 1.807) is 36.4 Å². The van der Waals surface area contributed by atoms with Gasteiger partial charge in [-0.05, 0) is 30.3 Å². The third kappa shape index (κ3) is 2.51. The van der Waals surface area contributed by atoms with Crippen LogP contribution in [0.4, 0.5) is 0 Å². The number of hydrogen-bond donors (Lipinski definition) is 0. The number of methoxy groups -OCH3 is 1. The second kappa shape index (κ2) is 5.90. The second-order valence-electron chi connectivity index (χ2n) is 4.42. The molecule has 0 radical (unpaired) electrons. The van der Waals surface area contributed by atoms with Gasteiger partial charge in [0.2, 0.25) is 0 Å². The van der Waals surface area contributed by atoms with E-state index in [9.17, 15) is 9.00 Å². The van der Waals surface area contributed by atoms with E-state index in [2.05, 4.69) is 4.98 Å². The quantitative estimate of drug-likeness (QED) is 0.545. The summed E-state index contributed by atoms with van der Waals surface area (Å²) in [5, 5.41) is 0.298. The van der Waals surface area contributed by atoms with E-state index in [0.717, 1.165) is 0 Å². The summed E-state index contributed by atoms with van der Waals surface area (Å²) in [6.07, 6.45) is 0. The van der Waals surface area contributed by atoms with Crippen molar-refractivity contribution in [2.75, 3.05) is 7.11 Å². The fourth-order valence-electron chi connectivity index (χ4n) is 2.11. The lowest BCUT2D eigenvalue weighted by atomic mass is 10.4. The lowest BCUT2D eigenvalue weighted by molar-refractivity contribution is 0.0593. The van der Waals surface area contributed by atoms with Crippen molar-refractivity contribution < 1.29 is 13.7 Å². The number of nitrogens with zero attached hydrogens (tertiary/aromatic N) is 2. The highest BCUT2D eigenvalue weighted by Gasteiger charge is 2.21. The van der Waals surface area contributed by atoms with Gasteiger partial charge in [-0.15, -0.1) is 0 Å². The fourth-order valence-corrected chi connectivity index (χ4v) is 3.50. The molecule has 0 aliphatic carbocycles. The first-order valence-corrected chi connectivity index (χ1v) is 7.84. The van der Waals surface area contributed by atoms with E-state index in [4.69, 9.17) is 16.3 Å². The van der Waals surface area contributed by atoms with Gasteiger partial charge < -0.3 is 4.74 Å². The number of halogens is 1. The van der Waals surface area contributed by atoms with E-state index < -0.39 is 17.0 Å². The van der Waals surface area contributed by atoms with Crippen LogP contribution < -0.4 is 0 Å². The van der Waals surface area contributed by atoms with Crippen LogP contribution in [0.15, 0.2) is 53.4 Å². The van der Waals surface area contributed by atoms with Crippen molar-refractivity contribution in [1.82, 2.24) is 8.96 Å². The van der Waals surface area contributed by atoms with Crippen LogP contribution in [0.3, 0.4) is 0 Å². The molecule has 0 amide bonds. The molecule has 0 aliphatic rings. The largest absolute Gasteiger partial charge is 0.464 e. The van der Waals surface area contributed by atoms with Crippen LogP contribution >= 0.6 is 11.6 Å². The summed E-state index contributed by atoms with van der Waals surface area (Å²) in [6.45, 7) is 0. The third-order valence-corrected chi connectivity index (χ3v) is 4.70. The Morgan fingerprint density at radius 2 is 1.95 bits per heavy atom. The van der Waals surface area contributed by atoms with Gasteiger partial charge >= 0.3 is 5.97 Å². The van der Waals surface area contributed by atoms with Crippen LogP contribution in [-0.4, -0.2) is 26.2 Å². The molecule has 0 N–H and O–H groups in total. The number of fused-ring (bicyclic) bond motifs is 1. The maximum Gasteiger partial charge on any atom is 0.355 e. The van der Waals surface area contributed by atoms with Gasteiger partial charge in [0.1, 0.15) is 10.8 Å². The molecule has 3 aromatic rings. The molecule has 5 nitrogen and oxygen atoms in total. The molecule has 0 spiro atoms. The number of hydrogen-bond acceptors (Lipinski definition) is 4. The van der Waals surface area contributed by atoms with Crippen molar-refractivity contribution in [3.8, 4) is 0 Å². The molecule has 1 atom stereocenters. The Balaban J connectivity index is 2.26. The van der Waals surface area contributed by atoms with Crippen LogP contribution in [0, 0.1) is 0 Å². The molecule has 0 bridgehead atoms. The van der Waals surface area contributed by atoms with Crippen LogP contribution in [-0.2, 0) is 15.7 Å². The van der Waals surface area contributed by atoms with Gasteiger partial charge in [-0.3, -0.25) is 0 Å². The van der Waals surface area contributed by atoms with Crippen LogP contribution in [0.2, 0.25) is 5.15 Å². The molecule has 22 heavy (non-hydrogen) atoms. The molecule has 112 valence electrons. The van der Waals surface area contributed by atoms with Gasteiger partial charge in [0, 0.05) is 0 Å². The van der Waals surface area contributed by atoms with Crippen molar-refractivity contribution >= 4 is 39.6 Å². The number of pyridine rings is 1. The van der Waals surface area contributed by atoms with Crippen LogP contribution in [0.5, 0.6) is 0 Å². The summed E-state index contributed by atoms with van der Waals surface area (Å²) in [4.78, 5) is 16.7. The van der Waals surface area contributed by atoms with Crippen molar-refractivity contribution in [2.24, 2.45) is 0 Å². The minimum Gasteiger partial charge on any atom is -0.464 e. The Hall–Kier alpha value is -2.18. The summed E-state index contributed by atoms with van der Waals surface area (Å²) < 4.78 is 19.0. The summed E-state index contributed by atoms with van der Waals surface area (Å²) in [5.41, 5.74) is 1.19. The first-order valence-electron chi connectivity index (χ1n) is 6.35. The van der Waals surface area contributed by atoms with Crippen molar-refractivity contribution in [3.63, 3.8) is 0 Å². The third-order valence-electron chi connectivity index (χ3n) is 3.08. The fraction of sp³-hybridized carbons (Fsp3) is 0.0667. The molecule has 2 heterocycles. The molecular weight excluding hydrogens is 324 g/mol. The molecular formula is C15H11ClN2O3S. The van der Waals surface area contributed by atoms with Gasteiger partial charge in [0.25, 0.3) is 0 Å². The van der Waals surface area contributed by atoms with Crippen molar-refractivity contribution in [1.29, 1.82) is 0 Å². The first-order chi connectivity index (χ1) is 10.6. The SMILES string of the molecule is COC(=O)c1cc2nc(Cl)ccc2n1S(=O)c1ccccc1. The molecule has 7 heteroatoms. The molecule has 1 unspecified atom stereocenters. The van der Waals surface area contributed by atoms with Crippen molar-refractivity contribution in [2.45, 2.75) is 4.90 Å². The first kappa shape index (κ1) is 14.7. The van der Waals surface area contributed by atoms with E-state index in [-0.39, 0.29) is 5.69 Å². The average molecular weight is 335 g/mol. The van der Waals surface area contributed by atoms with Crippen LogP contribution in [0.25, 0.3) is 11.0 Å². The monoisotopic (exact) mass is 334 g/mol. The van der Waals surface area contributed by atoms with E-state index in [1.807, 2.05) is 6.07 Å². The van der Waals surface area contributed by atoms with E-state index >= 15 is 0 Å². The zero-order chi connectivity index (χ0) is 15.7. The molecule has 0 aliphatic heterocycles. The minimum atomic E-state index is -1.60. The lowest BCUT2D eigenvalue weighted by Gasteiger charge is -2.08. The predicted molar refractivity (Wildman–Crippen MR) is 84.3 cm³/mol. The lowest BCUT2D eigenvalue weighted by Crippen LogP contribution is -2.14. The molecule has 2 aromatic heterocycles. The number of carbonyl (C=O) groups is 1. The van der Waals surface area contributed by atoms with E-state index in [0.29, 0.717) is 21.1 Å². The Morgan fingerprint density at radius 1 is 1.23 bits per heavy atom. The Morgan fingerprint density at radius 3 is 2.64 bits per heavy atom. The highest BCUT2D eigenvalue weighted by atomic mass is 35.5. The Bertz CT molecular complexity index is 877. The van der Waals surface area contributed by atoms with Crippen molar-refractivity contribution in [3.05, 3.63) is 59.4 Å². The van der Waals surface area contributed by atoms with Gasteiger partial charge in [-0.2, -0.15) is 0 Å². The summed E-state index contributed by atoms with van der Waals surface area (Å²) >= 11 is 5.88. The zero-order valence-electron chi connectivity index (χ0n) is 11.5. The molecule has 1 aromatic carbocycles. The molecule has 0 saturated carbocycles. The maximum absolute atomic E-state index is 12.9. The van der Waals surface area contributed by atoms with Gasteiger partial charge in [-0.25, -0.2) is 18.0 Å². The molecule has 0 saturated heterocycles. The smallest absolute Gasteiger partial charge is 0.355 e. The number of rotatable bonds is 3. The molecule has 3 rings (SSSR count). The Kier molecular flexibility index (Phi) is 3.96. The second-order valence-corrected chi connectivity index (χ2v) is 6.14. The van der Waals surface area contributed by atoms with Gasteiger partial charge in [0.15, 0.2) is 11.0 Å². The summed E-state index contributed by atoms with van der Waals surface area (Å²) in [5.74, 6) is -0.585.